The van der Waals surface area contributed by atoms with Crippen LogP contribution in [-0.2, 0) is 6.42 Å². The first kappa shape index (κ1) is 12.5. The third-order valence-corrected chi connectivity index (χ3v) is 4.92. The van der Waals surface area contributed by atoms with Crippen molar-refractivity contribution in [2.24, 2.45) is 5.84 Å². The van der Waals surface area contributed by atoms with E-state index in [1.165, 1.54) is 26.2 Å². The molecule has 1 aromatic heterocycles. The molecule has 1 aromatic rings. The number of hydrogen-bond donors (Lipinski definition) is 2. The number of aryl methyl sites for hydroxylation is 1. The van der Waals surface area contributed by atoms with Crippen LogP contribution in [-0.4, -0.2) is 59.6 Å². The van der Waals surface area contributed by atoms with Gasteiger partial charge in [-0.3, -0.25) is 21.1 Å². The molecule has 0 aromatic carbocycles. The Morgan fingerprint density at radius 2 is 2.28 bits per heavy atom. The van der Waals surface area contributed by atoms with Crippen molar-refractivity contribution in [3.8, 4) is 0 Å². The minimum Gasteiger partial charge on any atom is -0.299 e. The number of hydrazine groups is 1. The maximum absolute atomic E-state index is 5.77. The Balaban J connectivity index is 1.68. The zero-order valence-corrected chi connectivity index (χ0v) is 11.6. The van der Waals surface area contributed by atoms with Crippen LogP contribution in [0.15, 0.2) is 5.38 Å². The molecule has 6 heteroatoms. The lowest BCUT2D eigenvalue weighted by atomic mass is 9.97. The predicted molar refractivity (Wildman–Crippen MR) is 73.5 cm³/mol. The molecule has 2 bridgehead atoms. The van der Waals surface area contributed by atoms with Gasteiger partial charge in [-0.15, -0.1) is 11.3 Å². The summed E-state index contributed by atoms with van der Waals surface area (Å²) >= 11 is 1.72. The Morgan fingerprint density at radius 1 is 1.50 bits per heavy atom. The number of thiazole rings is 1. The molecule has 0 spiro atoms. The summed E-state index contributed by atoms with van der Waals surface area (Å²) in [6.45, 7) is 7.97. The second-order valence-electron chi connectivity index (χ2n) is 5.24. The third kappa shape index (κ3) is 2.44. The van der Waals surface area contributed by atoms with E-state index in [0.717, 1.165) is 23.7 Å². The molecule has 3 N–H and O–H groups in total. The summed E-state index contributed by atoms with van der Waals surface area (Å²) in [6.07, 6.45) is 0.926. The molecule has 0 radical (unpaired) electrons. The number of nitrogens with two attached hydrogens (primary N) is 1. The Morgan fingerprint density at radius 3 is 2.78 bits per heavy atom. The maximum Gasteiger partial charge on any atom is 0.0897 e. The van der Waals surface area contributed by atoms with E-state index in [-0.39, 0.29) is 0 Å². The first-order chi connectivity index (χ1) is 8.76. The number of fused-ring (bicyclic) bond motifs is 3. The van der Waals surface area contributed by atoms with Gasteiger partial charge in [0, 0.05) is 56.6 Å². The summed E-state index contributed by atoms with van der Waals surface area (Å²) in [5.41, 5.74) is 4.18. The van der Waals surface area contributed by atoms with E-state index in [1.807, 2.05) is 0 Å². The standard InChI is InChI=1S/C12H21N5S/c1-9-14-10(8-18-9)6-11(15-13)12-7-16-2-4-17(12)5-3-16/h8,11-12,15H,2-7,13H2,1H3. The summed E-state index contributed by atoms with van der Waals surface area (Å²) in [5, 5.41) is 3.28. The number of rotatable bonds is 4. The number of piperazine rings is 3. The molecular formula is C12H21N5S. The molecule has 3 saturated heterocycles. The highest BCUT2D eigenvalue weighted by atomic mass is 32.1. The molecule has 4 rings (SSSR count). The van der Waals surface area contributed by atoms with E-state index in [4.69, 9.17) is 5.84 Å². The first-order valence-corrected chi connectivity index (χ1v) is 7.48. The van der Waals surface area contributed by atoms with Crippen molar-refractivity contribution >= 4 is 11.3 Å². The molecule has 0 amide bonds. The van der Waals surface area contributed by atoms with Gasteiger partial charge >= 0.3 is 0 Å². The Labute approximate surface area is 112 Å². The molecule has 100 valence electrons. The fourth-order valence-corrected chi connectivity index (χ4v) is 3.70. The smallest absolute Gasteiger partial charge is 0.0897 e. The number of aromatic nitrogens is 1. The zero-order chi connectivity index (χ0) is 12.5. The molecule has 3 aliphatic heterocycles. The van der Waals surface area contributed by atoms with Crippen molar-refractivity contribution < 1.29 is 0 Å². The molecule has 5 nitrogen and oxygen atoms in total. The summed E-state index contributed by atoms with van der Waals surface area (Å²) in [4.78, 5) is 9.66. The number of nitrogens with zero attached hydrogens (tertiary/aromatic N) is 3. The van der Waals surface area contributed by atoms with Crippen LogP contribution in [0.5, 0.6) is 0 Å². The largest absolute Gasteiger partial charge is 0.299 e. The zero-order valence-electron chi connectivity index (χ0n) is 10.8. The number of hydrogen-bond acceptors (Lipinski definition) is 6. The summed E-state index contributed by atoms with van der Waals surface area (Å²) in [7, 11) is 0. The van der Waals surface area contributed by atoms with E-state index in [1.54, 1.807) is 11.3 Å². The van der Waals surface area contributed by atoms with Gasteiger partial charge in [-0.05, 0) is 6.92 Å². The molecule has 0 saturated carbocycles. The van der Waals surface area contributed by atoms with Crippen molar-refractivity contribution in [2.75, 3.05) is 32.7 Å². The maximum atomic E-state index is 5.77. The van der Waals surface area contributed by atoms with Crippen molar-refractivity contribution in [3.63, 3.8) is 0 Å². The quantitative estimate of drug-likeness (QED) is 0.586. The molecular weight excluding hydrogens is 246 g/mol. The van der Waals surface area contributed by atoms with Crippen LogP contribution < -0.4 is 11.3 Å². The van der Waals surface area contributed by atoms with Crippen molar-refractivity contribution in [1.29, 1.82) is 0 Å². The van der Waals surface area contributed by atoms with Gasteiger partial charge in [0.1, 0.15) is 0 Å². The fraction of sp³-hybridized carbons (Fsp3) is 0.750. The fourth-order valence-electron chi connectivity index (χ4n) is 3.07. The topological polar surface area (TPSA) is 57.4 Å². The SMILES string of the molecule is Cc1nc(CC(NN)C2CN3CCN2CC3)cs1. The molecule has 18 heavy (non-hydrogen) atoms. The lowest BCUT2D eigenvalue weighted by Gasteiger charge is -2.50. The Bertz CT molecular complexity index is 399. The van der Waals surface area contributed by atoms with Gasteiger partial charge in [-0.1, -0.05) is 0 Å². The average molecular weight is 267 g/mol. The van der Waals surface area contributed by atoms with Gasteiger partial charge in [0.15, 0.2) is 0 Å². The highest BCUT2D eigenvalue weighted by molar-refractivity contribution is 7.09. The molecule has 3 aliphatic rings. The van der Waals surface area contributed by atoms with Crippen LogP contribution in [0.4, 0.5) is 0 Å². The van der Waals surface area contributed by atoms with Crippen LogP contribution in [0.3, 0.4) is 0 Å². The van der Waals surface area contributed by atoms with Crippen LogP contribution >= 0.6 is 11.3 Å². The van der Waals surface area contributed by atoms with Gasteiger partial charge in [-0.25, -0.2) is 4.98 Å². The van der Waals surface area contributed by atoms with Gasteiger partial charge in [0.25, 0.3) is 0 Å². The molecule has 4 heterocycles. The summed E-state index contributed by atoms with van der Waals surface area (Å²) < 4.78 is 0. The average Bonchev–Trinajstić information content (AvgIpc) is 2.83. The normalized spacial score (nSPS) is 32.7. The first-order valence-electron chi connectivity index (χ1n) is 6.60. The van der Waals surface area contributed by atoms with Crippen molar-refractivity contribution in [3.05, 3.63) is 16.1 Å². The Hall–Kier alpha value is -0.530. The van der Waals surface area contributed by atoms with Crippen LogP contribution in [0.2, 0.25) is 0 Å². The molecule has 2 unspecified atom stereocenters. The lowest BCUT2D eigenvalue weighted by molar-refractivity contribution is -0.00326. The van der Waals surface area contributed by atoms with Gasteiger partial charge in [0.2, 0.25) is 0 Å². The highest BCUT2D eigenvalue weighted by Gasteiger charge is 2.36. The van der Waals surface area contributed by atoms with E-state index < -0.39 is 0 Å². The van der Waals surface area contributed by atoms with E-state index in [9.17, 15) is 0 Å². The van der Waals surface area contributed by atoms with Crippen LogP contribution in [0, 0.1) is 6.92 Å². The lowest BCUT2D eigenvalue weighted by Crippen LogP contribution is -2.67. The second-order valence-corrected chi connectivity index (χ2v) is 6.30. The van der Waals surface area contributed by atoms with Crippen LogP contribution in [0.25, 0.3) is 0 Å². The van der Waals surface area contributed by atoms with Gasteiger partial charge in [0.05, 0.1) is 10.7 Å². The molecule has 3 fully saturated rings. The van der Waals surface area contributed by atoms with E-state index >= 15 is 0 Å². The van der Waals surface area contributed by atoms with E-state index in [0.29, 0.717) is 12.1 Å². The molecule has 2 atom stereocenters. The predicted octanol–water partition coefficient (Wildman–Crippen LogP) is -0.174. The Kier molecular flexibility index (Phi) is 3.63. The minimum atomic E-state index is 0.301. The monoisotopic (exact) mass is 267 g/mol. The van der Waals surface area contributed by atoms with Gasteiger partial charge in [-0.2, -0.15) is 0 Å². The second kappa shape index (κ2) is 5.22. The molecule has 0 aliphatic carbocycles. The van der Waals surface area contributed by atoms with Crippen LogP contribution in [0.1, 0.15) is 10.7 Å². The van der Waals surface area contributed by atoms with Crippen molar-refractivity contribution in [1.82, 2.24) is 20.2 Å². The highest BCUT2D eigenvalue weighted by Crippen LogP contribution is 2.20. The number of nitrogens with one attached hydrogen (secondary N) is 1. The third-order valence-electron chi connectivity index (χ3n) is 4.10. The summed E-state index contributed by atoms with van der Waals surface area (Å²) in [6, 6.07) is 0.828. The van der Waals surface area contributed by atoms with Gasteiger partial charge < -0.3 is 0 Å². The minimum absolute atomic E-state index is 0.301. The summed E-state index contributed by atoms with van der Waals surface area (Å²) in [5.74, 6) is 5.77. The van der Waals surface area contributed by atoms with E-state index in [2.05, 4.69) is 32.5 Å². The van der Waals surface area contributed by atoms with Crippen molar-refractivity contribution in [2.45, 2.75) is 25.4 Å².